The van der Waals surface area contributed by atoms with Gasteiger partial charge >= 0.3 is 0 Å². The summed E-state index contributed by atoms with van der Waals surface area (Å²) >= 11 is 0. The number of hydrogen-bond acceptors (Lipinski definition) is 2. The summed E-state index contributed by atoms with van der Waals surface area (Å²) in [5.74, 6) is 0. The predicted molar refractivity (Wildman–Crippen MR) is 88.2 cm³/mol. The van der Waals surface area contributed by atoms with Crippen molar-refractivity contribution < 1.29 is 4.74 Å². The van der Waals surface area contributed by atoms with Crippen molar-refractivity contribution in [1.82, 2.24) is 4.57 Å². The Morgan fingerprint density at radius 1 is 1.00 bits per heavy atom. The predicted octanol–water partition coefficient (Wildman–Crippen LogP) is 3.48. The zero-order valence-corrected chi connectivity index (χ0v) is 12.6. The number of morpholine rings is 1. The van der Waals surface area contributed by atoms with Gasteiger partial charge in [-0.3, -0.25) is 0 Å². The van der Waals surface area contributed by atoms with E-state index in [4.69, 9.17) is 4.74 Å². The minimum Gasteiger partial charge on any atom is -0.378 e. The summed E-state index contributed by atoms with van der Waals surface area (Å²) in [5.41, 5.74) is 5.30. The van der Waals surface area contributed by atoms with Gasteiger partial charge in [0.25, 0.3) is 0 Å². The summed E-state index contributed by atoms with van der Waals surface area (Å²) in [4.78, 5) is 2.46. The van der Waals surface area contributed by atoms with Crippen molar-refractivity contribution in [3.8, 4) is 0 Å². The molecule has 3 aromatic rings. The molecule has 21 heavy (non-hydrogen) atoms. The molecule has 0 bridgehead atoms. The van der Waals surface area contributed by atoms with Gasteiger partial charge in [0.1, 0.15) is 0 Å². The zero-order chi connectivity index (χ0) is 14.4. The van der Waals surface area contributed by atoms with Gasteiger partial charge in [-0.1, -0.05) is 18.2 Å². The van der Waals surface area contributed by atoms with E-state index < -0.39 is 0 Å². The lowest BCUT2D eigenvalue weighted by Gasteiger charge is -2.30. The Hall–Kier alpha value is -2.00. The molecule has 108 valence electrons. The van der Waals surface area contributed by atoms with Gasteiger partial charge in [-0.25, -0.2) is 0 Å². The van der Waals surface area contributed by atoms with Crippen LogP contribution < -0.4 is 4.90 Å². The lowest BCUT2D eigenvalue weighted by molar-refractivity contribution is 0.123. The number of rotatable bonds is 1. The van der Waals surface area contributed by atoms with Crippen molar-refractivity contribution in [1.29, 1.82) is 0 Å². The van der Waals surface area contributed by atoms with Crippen molar-refractivity contribution >= 4 is 27.5 Å². The highest BCUT2D eigenvalue weighted by Gasteiger charge is 2.18. The second-order valence-corrected chi connectivity index (χ2v) is 5.86. The Morgan fingerprint density at radius 2 is 1.76 bits per heavy atom. The summed E-state index contributed by atoms with van der Waals surface area (Å²) in [6.45, 7) is 5.77. The van der Waals surface area contributed by atoms with E-state index in [2.05, 4.69) is 59.8 Å². The van der Waals surface area contributed by atoms with E-state index in [-0.39, 0.29) is 0 Å². The van der Waals surface area contributed by atoms with E-state index in [1.54, 1.807) is 0 Å². The number of anilines is 1. The van der Waals surface area contributed by atoms with E-state index in [0.717, 1.165) is 26.3 Å². The maximum atomic E-state index is 5.50. The van der Waals surface area contributed by atoms with Crippen LogP contribution in [-0.2, 0) is 11.8 Å². The van der Waals surface area contributed by atoms with Gasteiger partial charge in [-0.05, 0) is 30.7 Å². The Balaban J connectivity index is 2.05. The highest BCUT2D eigenvalue weighted by atomic mass is 16.5. The van der Waals surface area contributed by atoms with Crippen LogP contribution in [0.15, 0.2) is 36.4 Å². The van der Waals surface area contributed by atoms with Gasteiger partial charge in [-0.15, -0.1) is 0 Å². The highest BCUT2D eigenvalue weighted by molar-refractivity contribution is 6.12. The Morgan fingerprint density at radius 3 is 2.57 bits per heavy atom. The van der Waals surface area contributed by atoms with Gasteiger partial charge in [0.15, 0.2) is 0 Å². The molecule has 3 heteroatoms. The number of aromatic nitrogens is 1. The number of fused-ring (bicyclic) bond motifs is 3. The molecule has 0 aliphatic carbocycles. The molecule has 1 aliphatic rings. The maximum absolute atomic E-state index is 5.50. The third kappa shape index (κ3) is 1.92. The molecule has 0 unspecified atom stereocenters. The largest absolute Gasteiger partial charge is 0.378 e. The Kier molecular flexibility index (Phi) is 2.89. The van der Waals surface area contributed by atoms with Crippen molar-refractivity contribution in [3.05, 3.63) is 42.0 Å². The lowest BCUT2D eigenvalue weighted by Crippen LogP contribution is -2.36. The van der Waals surface area contributed by atoms with Gasteiger partial charge < -0.3 is 14.2 Å². The molecule has 1 aromatic heterocycles. The van der Waals surface area contributed by atoms with E-state index in [9.17, 15) is 0 Å². The number of nitrogens with zero attached hydrogens (tertiary/aromatic N) is 2. The van der Waals surface area contributed by atoms with E-state index in [1.165, 1.54) is 33.1 Å². The standard InChI is InChI=1S/C18H20N2O/c1-13-11-15-14-5-3-4-6-16(14)19(2)18(15)17(12-13)20-7-9-21-10-8-20/h3-6,11-12H,7-10H2,1-2H3. The van der Waals surface area contributed by atoms with Crippen molar-refractivity contribution in [2.24, 2.45) is 7.05 Å². The normalized spacial score (nSPS) is 16.0. The molecule has 0 atom stereocenters. The molecule has 0 saturated carbocycles. The number of para-hydroxylation sites is 1. The van der Waals surface area contributed by atoms with E-state index in [0.29, 0.717) is 0 Å². The first kappa shape index (κ1) is 12.7. The molecule has 1 saturated heterocycles. The van der Waals surface area contributed by atoms with Crippen LogP contribution in [0.4, 0.5) is 5.69 Å². The minimum atomic E-state index is 0.819. The first-order valence-corrected chi connectivity index (χ1v) is 7.56. The second kappa shape index (κ2) is 4.78. The molecule has 3 nitrogen and oxygen atoms in total. The third-order valence-corrected chi connectivity index (χ3v) is 4.48. The fourth-order valence-corrected chi connectivity index (χ4v) is 3.48. The summed E-state index contributed by atoms with van der Waals surface area (Å²) in [6.07, 6.45) is 0. The van der Waals surface area contributed by atoms with Crippen LogP contribution in [0.5, 0.6) is 0 Å². The van der Waals surface area contributed by atoms with E-state index in [1.807, 2.05) is 0 Å². The molecule has 4 rings (SSSR count). The first-order valence-electron chi connectivity index (χ1n) is 7.56. The van der Waals surface area contributed by atoms with Crippen LogP contribution in [0.3, 0.4) is 0 Å². The molecule has 0 N–H and O–H groups in total. The number of ether oxygens (including phenoxy) is 1. The zero-order valence-electron chi connectivity index (χ0n) is 12.6. The van der Waals surface area contributed by atoms with Crippen LogP contribution in [0.1, 0.15) is 5.56 Å². The van der Waals surface area contributed by atoms with Crippen LogP contribution >= 0.6 is 0 Å². The topological polar surface area (TPSA) is 17.4 Å². The monoisotopic (exact) mass is 280 g/mol. The Bertz CT molecular complexity index is 813. The molecular formula is C18H20N2O. The molecule has 2 aromatic carbocycles. The van der Waals surface area contributed by atoms with Crippen molar-refractivity contribution in [2.45, 2.75) is 6.92 Å². The van der Waals surface area contributed by atoms with Crippen LogP contribution in [0.25, 0.3) is 21.8 Å². The van der Waals surface area contributed by atoms with Crippen molar-refractivity contribution in [2.75, 3.05) is 31.2 Å². The van der Waals surface area contributed by atoms with Gasteiger partial charge in [0, 0.05) is 36.4 Å². The summed E-state index contributed by atoms with van der Waals surface area (Å²) in [6, 6.07) is 13.3. The summed E-state index contributed by atoms with van der Waals surface area (Å²) < 4.78 is 7.83. The van der Waals surface area contributed by atoms with Crippen LogP contribution in [-0.4, -0.2) is 30.9 Å². The lowest BCUT2D eigenvalue weighted by atomic mass is 10.1. The number of hydrogen-bond donors (Lipinski definition) is 0. The smallest absolute Gasteiger partial charge is 0.0726 e. The third-order valence-electron chi connectivity index (χ3n) is 4.48. The Labute approximate surface area is 124 Å². The molecule has 1 aliphatic heterocycles. The quantitative estimate of drug-likeness (QED) is 0.679. The fraction of sp³-hybridized carbons (Fsp3) is 0.333. The molecule has 2 heterocycles. The van der Waals surface area contributed by atoms with Crippen LogP contribution in [0.2, 0.25) is 0 Å². The molecule has 0 spiro atoms. The average Bonchev–Trinajstić information content (AvgIpc) is 2.81. The first-order chi connectivity index (χ1) is 10.3. The SMILES string of the molecule is Cc1cc(N2CCOCC2)c2c(c1)c1ccccc1n2C. The summed E-state index contributed by atoms with van der Waals surface area (Å²) in [7, 11) is 2.17. The van der Waals surface area contributed by atoms with Gasteiger partial charge in [0.2, 0.25) is 0 Å². The van der Waals surface area contributed by atoms with Gasteiger partial charge in [-0.2, -0.15) is 0 Å². The molecular weight excluding hydrogens is 260 g/mol. The fourth-order valence-electron chi connectivity index (χ4n) is 3.48. The molecule has 0 amide bonds. The molecule has 1 fully saturated rings. The highest BCUT2D eigenvalue weighted by Crippen LogP contribution is 2.35. The van der Waals surface area contributed by atoms with Gasteiger partial charge in [0.05, 0.1) is 24.4 Å². The maximum Gasteiger partial charge on any atom is 0.0726 e. The summed E-state index contributed by atoms with van der Waals surface area (Å²) in [5, 5.41) is 2.70. The molecule has 0 radical (unpaired) electrons. The average molecular weight is 280 g/mol. The number of aryl methyl sites for hydroxylation is 2. The number of benzene rings is 2. The van der Waals surface area contributed by atoms with E-state index >= 15 is 0 Å². The van der Waals surface area contributed by atoms with Crippen LogP contribution in [0, 0.1) is 6.92 Å². The second-order valence-electron chi connectivity index (χ2n) is 5.86. The van der Waals surface area contributed by atoms with Crippen molar-refractivity contribution in [3.63, 3.8) is 0 Å². The minimum absolute atomic E-state index is 0.819.